The summed E-state index contributed by atoms with van der Waals surface area (Å²) in [6.07, 6.45) is 2.75. The van der Waals surface area contributed by atoms with Gasteiger partial charge in [-0.2, -0.15) is 0 Å². The molecule has 14 nitrogen and oxygen atoms in total. The zero-order valence-electron chi connectivity index (χ0n) is 17.5. The van der Waals surface area contributed by atoms with Crippen LogP contribution in [0.25, 0.3) is 10.9 Å². The molecule has 1 heterocycles. The lowest BCUT2D eigenvalue weighted by Crippen LogP contribution is -2.25. The van der Waals surface area contributed by atoms with E-state index in [1.54, 1.807) is 18.3 Å². The van der Waals surface area contributed by atoms with Gasteiger partial charge in [-0.05, 0) is 38.2 Å². The fraction of sp³-hybridized carbons (Fsp3) is 0.438. The Labute approximate surface area is 184 Å². The molecule has 0 aliphatic carbocycles. The van der Waals surface area contributed by atoms with Crippen LogP contribution in [0.4, 0.5) is 11.4 Å². The fourth-order valence-corrected chi connectivity index (χ4v) is 2.47. The third kappa shape index (κ3) is 15.8. The third-order valence-corrected chi connectivity index (χ3v) is 3.80. The van der Waals surface area contributed by atoms with Crippen molar-refractivity contribution in [1.82, 2.24) is 9.88 Å². The first-order valence-corrected chi connectivity index (χ1v) is 12.3. The van der Waals surface area contributed by atoms with Gasteiger partial charge < -0.3 is 39.6 Å². The molecule has 0 aliphatic heterocycles. The average molecular weight is 498 g/mol. The molecule has 0 bridgehead atoms. The van der Waals surface area contributed by atoms with Gasteiger partial charge in [0.15, 0.2) is 0 Å². The second-order valence-electron chi connectivity index (χ2n) is 6.15. The summed E-state index contributed by atoms with van der Waals surface area (Å²) < 4.78 is 17.8. The standard InChI is InChI=1S/C16H22N4O2.2H3O4P/c1-3-19(4-2)11-5-9-17-16-8-10-18-15-7-6-13(20(21)22)12-14(15)16;2*1-5(2,3)4/h6-8,10,12H,3-5,9,11H2,1-2H3,(H,17,18);2*(H3,1,2,3,4). The molecule has 32 heavy (non-hydrogen) atoms. The highest BCUT2D eigenvalue weighted by Gasteiger charge is 2.09. The lowest BCUT2D eigenvalue weighted by atomic mass is 10.1. The second-order valence-corrected chi connectivity index (χ2v) is 8.20. The Kier molecular flexibility index (Phi) is 13.3. The lowest BCUT2D eigenvalue weighted by molar-refractivity contribution is -0.384. The summed E-state index contributed by atoms with van der Waals surface area (Å²) in [7, 11) is -9.28. The van der Waals surface area contributed by atoms with Gasteiger partial charge in [0.2, 0.25) is 0 Å². The highest BCUT2D eigenvalue weighted by atomic mass is 31.2. The van der Waals surface area contributed by atoms with E-state index >= 15 is 0 Å². The minimum Gasteiger partial charge on any atom is -0.384 e. The molecule has 0 fully saturated rings. The number of fused-ring (bicyclic) bond motifs is 1. The zero-order chi connectivity index (χ0) is 24.9. The summed E-state index contributed by atoms with van der Waals surface area (Å²) in [5.74, 6) is 0. The van der Waals surface area contributed by atoms with Gasteiger partial charge in [0.1, 0.15) is 0 Å². The van der Waals surface area contributed by atoms with Crippen LogP contribution in [-0.4, -0.2) is 70.3 Å². The van der Waals surface area contributed by atoms with Gasteiger partial charge >= 0.3 is 15.6 Å². The van der Waals surface area contributed by atoms with E-state index in [0.29, 0.717) is 0 Å². The van der Waals surface area contributed by atoms with E-state index < -0.39 is 15.6 Å². The van der Waals surface area contributed by atoms with Crippen LogP contribution >= 0.6 is 15.6 Å². The topological polar surface area (TPSA) is 227 Å². The molecule has 0 aliphatic rings. The molecule has 16 heteroatoms. The molecule has 0 saturated carbocycles. The number of hydrogen-bond acceptors (Lipinski definition) is 7. The van der Waals surface area contributed by atoms with E-state index in [4.69, 9.17) is 38.5 Å². The van der Waals surface area contributed by atoms with Crippen LogP contribution in [0.1, 0.15) is 20.3 Å². The maximum Gasteiger partial charge on any atom is 0.466 e. The molecule has 0 spiro atoms. The molecular weight excluding hydrogens is 470 g/mol. The molecule has 182 valence electrons. The Morgan fingerprint density at radius 2 is 1.56 bits per heavy atom. The number of aromatic nitrogens is 1. The van der Waals surface area contributed by atoms with Crippen LogP contribution in [0.3, 0.4) is 0 Å². The molecular formula is C16H28N4O10P2. The number of anilines is 1. The molecule has 2 rings (SSSR count). The van der Waals surface area contributed by atoms with Crippen LogP contribution in [0.5, 0.6) is 0 Å². The number of phosphoric acid groups is 2. The van der Waals surface area contributed by atoms with Crippen molar-refractivity contribution in [3.8, 4) is 0 Å². The smallest absolute Gasteiger partial charge is 0.384 e. The van der Waals surface area contributed by atoms with Gasteiger partial charge in [0.25, 0.3) is 5.69 Å². The van der Waals surface area contributed by atoms with E-state index in [9.17, 15) is 10.1 Å². The van der Waals surface area contributed by atoms with E-state index in [-0.39, 0.29) is 10.6 Å². The maximum atomic E-state index is 10.9. The van der Waals surface area contributed by atoms with Crippen LogP contribution in [0.15, 0.2) is 30.5 Å². The molecule has 0 atom stereocenters. The van der Waals surface area contributed by atoms with Gasteiger partial charge in [0, 0.05) is 35.9 Å². The monoisotopic (exact) mass is 498 g/mol. The Morgan fingerprint density at radius 1 is 1.03 bits per heavy atom. The number of nitrogens with one attached hydrogen (secondary N) is 1. The van der Waals surface area contributed by atoms with Gasteiger partial charge in [-0.1, -0.05) is 13.8 Å². The predicted molar refractivity (Wildman–Crippen MR) is 118 cm³/mol. The maximum absolute atomic E-state index is 10.9. The number of rotatable bonds is 8. The predicted octanol–water partition coefficient (Wildman–Crippen LogP) is 1.43. The molecule has 1 aromatic heterocycles. The Bertz CT molecular complexity index is 909. The largest absolute Gasteiger partial charge is 0.466 e. The lowest BCUT2D eigenvalue weighted by Gasteiger charge is -2.18. The molecule has 0 radical (unpaired) electrons. The van der Waals surface area contributed by atoms with Gasteiger partial charge in [-0.15, -0.1) is 0 Å². The molecule has 1 aromatic carbocycles. The number of non-ortho nitro benzene ring substituents is 1. The minimum absolute atomic E-state index is 0.0895. The molecule has 0 amide bonds. The Balaban J connectivity index is 0.000000805. The SMILES string of the molecule is CCN(CC)CCCNc1ccnc2ccc([N+](=O)[O-])cc12.O=P(O)(O)O.O=P(O)(O)O. The van der Waals surface area contributed by atoms with Crippen LogP contribution in [-0.2, 0) is 9.13 Å². The molecule has 7 N–H and O–H groups in total. The first kappa shape index (κ1) is 30.0. The summed E-state index contributed by atoms with van der Waals surface area (Å²) >= 11 is 0. The van der Waals surface area contributed by atoms with Crippen LogP contribution in [0, 0.1) is 10.1 Å². The number of nitro benzene ring substituents is 1. The van der Waals surface area contributed by atoms with Crippen molar-refractivity contribution in [3.05, 3.63) is 40.6 Å². The van der Waals surface area contributed by atoms with Gasteiger partial charge in [-0.25, -0.2) is 9.13 Å². The van der Waals surface area contributed by atoms with Crippen molar-refractivity contribution in [2.45, 2.75) is 20.3 Å². The summed E-state index contributed by atoms with van der Waals surface area (Å²) in [5.41, 5.74) is 1.75. The first-order chi connectivity index (χ1) is 14.7. The number of pyridine rings is 1. The summed E-state index contributed by atoms with van der Waals surface area (Å²) in [6, 6.07) is 6.62. The van der Waals surface area contributed by atoms with Crippen molar-refractivity contribution in [2.75, 3.05) is 31.5 Å². The van der Waals surface area contributed by atoms with Crippen molar-refractivity contribution >= 4 is 37.9 Å². The minimum atomic E-state index is -4.64. The fourth-order valence-electron chi connectivity index (χ4n) is 2.47. The van der Waals surface area contributed by atoms with Crippen molar-refractivity contribution in [2.24, 2.45) is 0 Å². The molecule has 0 saturated heterocycles. The number of hydrogen-bond donors (Lipinski definition) is 7. The van der Waals surface area contributed by atoms with Crippen molar-refractivity contribution in [3.63, 3.8) is 0 Å². The first-order valence-electron chi connectivity index (χ1n) is 9.21. The zero-order valence-corrected chi connectivity index (χ0v) is 19.3. The van der Waals surface area contributed by atoms with Crippen molar-refractivity contribution in [1.29, 1.82) is 0 Å². The number of nitrogens with zero attached hydrogens (tertiary/aromatic N) is 3. The van der Waals surface area contributed by atoms with Crippen LogP contribution < -0.4 is 5.32 Å². The van der Waals surface area contributed by atoms with Crippen LogP contribution in [0.2, 0.25) is 0 Å². The quantitative estimate of drug-likeness (QED) is 0.118. The van der Waals surface area contributed by atoms with E-state index in [2.05, 4.69) is 29.0 Å². The third-order valence-electron chi connectivity index (χ3n) is 3.80. The average Bonchev–Trinajstić information content (AvgIpc) is 2.65. The highest BCUT2D eigenvalue weighted by Crippen LogP contribution is 2.27. The molecule has 0 unspecified atom stereocenters. The highest BCUT2D eigenvalue weighted by molar-refractivity contribution is 7.45. The van der Waals surface area contributed by atoms with Gasteiger partial charge in [0.05, 0.1) is 10.4 Å². The van der Waals surface area contributed by atoms with Crippen molar-refractivity contribution < 1.29 is 43.4 Å². The normalized spacial score (nSPS) is 11.3. The summed E-state index contributed by atoms with van der Waals surface area (Å²) in [5, 5.41) is 15.1. The summed E-state index contributed by atoms with van der Waals surface area (Å²) in [4.78, 5) is 60.3. The number of nitro groups is 1. The summed E-state index contributed by atoms with van der Waals surface area (Å²) in [6.45, 7) is 8.31. The second kappa shape index (κ2) is 14.2. The van der Waals surface area contributed by atoms with E-state index in [1.165, 1.54) is 6.07 Å². The Hall–Kier alpha value is -1.99. The Morgan fingerprint density at radius 3 is 2.03 bits per heavy atom. The van der Waals surface area contributed by atoms with E-state index in [0.717, 1.165) is 49.2 Å². The van der Waals surface area contributed by atoms with Gasteiger partial charge in [-0.3, -0.25) is 15.1 Å². The number of benzene rings is 1. The molecule has 2 aromatic rings. The van der Waals surface area contributed by atoms with E-state index in [1.807, 2.05) is 6.07 Å².